The smallest absolute Gasteiger partial charge is 0.408 e. The van der Waals surface area contributed by atoms with Crippen molar-refractivity contribution >= 4 is 11.9 Å². The second kappa shape index (κ2) is 7.90. The van der Waals surface area contributed by atoms with Gasteiger partial charge in [-0.2, -0.15) is 0 Å². The van der Waals surface area contributed by atoms with Gasteiger partial charge in [-0.1, -0.05) is 32.9 Å². The number of hydrogen-bond acceptors (Lipinski definition) is 6. The van der Waals surface area contributed by atoms with Gasteiger partial charge in [-0.15, -0.1) is 0 Å². The average molecular weight is 396 g/mol. The van der Waals surface area contributed by atoms with Gasteiger partial charge in [-0.3, -0.25) is 15.1 Å². The van der Waals surface area contributed by atoms with E-state index < -0.39 is 6.09 Å². The molecule has 3 heterocycles. The number of aromatic nitrogens is 3. The highest BCUT2D eigenvalue weighted by atomic mass is 16.6. The van der Waals surface area contributed by atoms with Gasteiger partial charge in [0.2, 0.25) is 0 Å². The summed E-state index contributed by atoms with van der Waals surface area (Å²) in [5.41, 5.74) is 2.63. The summed E-state index contributed by atoms with van der Waals surface area (Å²) in [6.07, 6.45) is 3.00. The van der Waals surface area contributed by atoms with Gasteiger partial charge in [0.1, 0.15) is 5.76 Å². The molecule has 0 unspecified atom stereocenters. The van der Waals surface area contributed by atoms with Crippen LogP contribution in [-0.2, 0) is 11.8 Å². The topological polar surface area (TPSA) is 110 Å². The Bertz CT molecular complexity index is 1090. The number of ether oxygens (including phenoxy) is 1. The third kappa shape index (κ3) is 4.71. The first kappa shape index (κ1) is 20.3. The number of aromatic amines is 1. The highest BCUT2D eigenvalue weighted by Crippen LogP contribution is 2.26. The van der Waals surface area contributed by atoms with Gasteiger partial charge in [0.25, 0.3) is 5.56 Å². The van der Waals surface area contributed by atoms with Crippen LogP contribution >= 0.6 is 0 Å². The first-order valence-corrected chi connectivity index (χ1v) is 9.31. The number of anilines is 1. The van der Waals surface area contributed by atoms with Gasteiger partial charge in [-0.05, 0) is 25.5 Å². The highest BCUT2D eigenvalue weighted by Gasteiger charge is 2.20. The lowest BCUT2D eigenvalue weighted by molar-refractivity contribution is 0.214. The van der Waals surface area contributed by atoms with Crippen LogP contribution in [0.3, 0.4) is 0 Å². The molecule has 3 aromatic heterocycles. The maximum Gasteiger partial charge on any atom is 0.418 e. The number of amides is 1. The van der Waals surface area contributed by atoms with Gasteiger partial charge in [0, 0.05) is 40.1 Å². The molecule has 152 valence electrons. The number of nitrogens with one attached hydrogen (secondary N) is 2. The Balaban J connectivity index is 1.77. The van der Waals surface area contributed by atoms with E-state index in [0.29, 0.717) is 23.4 Å². The molecule has 8 nitrogen and oxygen atoms in total. The quantitative estimate of drug-likeness (QED) is 0.684. The molecule has 0 fully saturated rings. The van der Waals surface area contributed by atoms with Crippen LogP contribution in [0.2, 0.25) is 0 Å². The number of aryl methyl sites for hydroxylation is 2. The van der Waals surface area contributed by atoms with Crippen molar-refractivity contribution in [3.05, 3.63) is 58.0 Å². The first-order chi connectivity index (χ1) is 13.7. The Morgan fingerprint density at radius 1 is 1.24 bits per heavy atom. The zero-order chi connectivity index (χ0) is 21.2. The fraction of sp³-hybridized carbons (Fsp3) is 0.333. The number of pyridine rings is 2. The Hall–Kier alpha value is -3.42. The molecule has 3 rings (SSSR count). The van der Waals surface area contributed by atoms with Crippen molar-refractivity contribution in [3.63, 3.8) is 0 Å². The van der Waals surface area contributed by atoms with Crippen molar-refractivity contribution in [3.8, 4) is 16.9 Å². The summed E-state index contributed by atoms with van der Waals surface area (Å²) >= 11 is 0. The number of carbonyl (C=O) groups excluding carboxylic acids is 1. The predicted octanol–water partition coefficient (Wildman–Crippen LogP) is 4.20. The molecular formula is C21H24N4O4. The Labute approximate surface area is 168 Å². The van der Waals surface area contributed by atoms with E-state index in [1.807, 2.05) is 40.7 Å². The molecule has 8 heteroatoms. The van der Waals surface area contributed by atoms with E-state index in [1.54, 1.807) is 18.3 Å². The van der Waals surface area contributed by atoms with Crippen LogP contribution < -0.4 is 15.6 Å². The largest absolute Gasteiger partial charge is 0.418 e. The zero-order valence-corrected chi connectivity index (χ0v) is 17.1. The van der Waals surface area contributed by atoms with E-state index >= 15 is 0 Å². The third-order valence-corrected chi connectivity index (χ3v) is 4.41. The van der Waals surface area contributed by atoms with E-state index in [4.69, 9.17) is 9.26 Å². The summed E-state index contributed by atoms with van der Waals surface area (Å²) in [4.78, 5) is 31.1. The van der Waals surface area contributed by atoms with Crippen LogP contribution in [0, 0.1) is 6.92 Å². The van der Waals surface area contributed by atoms with Crippen molar-refractivity contribution in [2.75, 3.05) is 5.32 Å². The molecule has 0 aromatic carbocycles. The van der Waals surface area contributed by atoms with Gasteiger partial charge in [-0.25, -0.2) is 4.79 Å². The van der Waals surface area contributed by atoms with E-state index in [2.05, 4.69) is 20.4 Å². The van der Waals surface area contributed by atoms with Crippen LogP contribution in [0.1, 0.15) is 44.7 Å². The molecule has 0 radical (unpaired) electrons. The molecule has 0 saturated heterocycles. The van der Waals surface area contributed by atoms with Crippen LogP contribution in [-0.4, -0.2) is 21.2 Å². The number of nitrogens with zero attached hydrogens (tertiary/aromatic N) is 2. The molecule has 0 aliphatic carbocycles. The van der Waals surface area contributed by atoms with Crippen LogP contribution in [0.5, 0.6) is 5.75 Å². The summed E-state index contributed by atoms with van der Waals surface area (Å²) in [5.74, 6) is 1.19. The Kier molecular flexibility index (Phi) is 5.54. The molecule has 0 aliphatic rings. The lowest BCUT2D eigenvalue weighted by Gasteiger charge is -2.12. The molecule has 0 spiro atoms. The number of carbonyl (C=O) groups is 1. The normalized spacial score (nSPS) is 11.3. The van der Waals surface area contributed by atoms with Gasteiger partial charge < -0.3 is 14.2 Å². The molecular weight excluding hydrogens is 372 g/mol. The maximum absolute atomic E-state index is 12.2. The van der Waals surface area contributed by atoms with E-state index in [0.717, 1.165) is 11.1 Å². The number of H-pyrrole nitrogens is 1. The summed E-state index contributed by atoms with van der Waals surface area (Å²) in [6, 6.07) is 5.18. The second-order valence-corrected chi connectivity index (χ2v) is 7.77. The molecule has 1 amide bonds. The van der Waals surface area contributed by atoms with E-state index in [1.165, 1.54) is 6.20 Å². The van der Waals surface area contributed by atoms with Gasteiger partial charge in [0.05, 0.1) is 6.20 Å². The summed E-state index contributed by atoms with van der Waals surface area (Å²) < 4.78 is 10.6. The van der Waals surface area contributed by atoms with E-state index in [-0.39, 0.29) is 22.5 Å². The van der Waals surface area contributed by atoms with Crippen molar-refractivity contribution in [1.29, 1.82) is 0 Å². The van der Waals surface area contributed by atoms with Gasteiger partial charge >= 0.3 is 6.09 Å². The lowest BCUT2D eigenvalue weighted by Crippen LogP contribution is -2.17. The fourth-order valence-electron chi connectivity index (χ4n) is 2.78. The van der Waals surface area contributed by atoms with Crippen molar-refractivity contribution in [1.82, 2.24) is 15.1 Å². The highest BCUT2D eigenvalue weighted by molar-refractivity contribution is 5.85. The zero-order valence-electron chi connectivity index (χ0n) is 17.1. The lowest BCUT2D eigenvalue weighted by atomic mass is 9.93. The third-order valence-electron chi connectivity index (χ3n) is 4.41. The van der Waals surface area contributed by atoms with Crippen molar-refractivity contribution in [2.24, 2.45) is 0 Å². The summed E-state index contributed by atoms with van der Waals surface area (Å²) in [6.45, 7) is 9.68. The molecule has 0 aliphatic heterocycles. The minimum Gasteiger partial charge on any atom is -0.408 e. The Morgan fingerprint density at radius 3 is 2.66 bits per heavy atom. The fourth-order valence-corrected chi connectivity index (χ4v) is 2.78. The maximum atomic E-state index is 12.2. The van der Waals surface area contributed by atoms with Crippen molar-refractivity contribution in [2.45, 2.75) is 46.5 Å². The standard InChI is InChI=1S/C21H24N4O4/c1-6-13-8-16(12(2)23-19(13)26)14-7-15(11-22-10-14)28-20(27)24-18-9-17(29-25-18)21(3,4)5/h7-11H,6H2,1-5H3,(H,23,26)(H,24,25,27). The molecule has 3 aromatic rings. The van der Waals surface area contributed by atoms with Gasteiger partial charge in [0.15, 0.2) is 11.6 Å². The molecule has 29 heavy (non-hydrogen) atoms. The summed E-state index contributed by atoms with van der Waals surface area (Å²) in [7, 11) is 0. The Morgan fingerprint density at radius 2 is 2.00 bits per heavy atom. The average Bonchev–Trinajstić information content (AvgIpc) is 3.11. The van der Waals surface area contributed by atoms with E-state index in [9.17, 15) is 9.59 Å². The SMILES string of the molecule is CCc1cc(-c2cncc(OC(=O)Nc3cc(C(C)(C)C)on3)c2)c(C)[nH]c1=O. The van der Waals surface area contributed by atoms with Crippen LogP contribution in [0.15, 0.2) is 39.9 Å². The van der Waals surface area contributed by atoms with Crippen LogP contribution in [0.25, 0.3) is 11.1 Å². The molecule has 2 N–H and O–H groups in total. The minimum atomic E-state index is -0.704. The minimum absolute atomic E-state index is 0.101. The molecule has 0 atom stereocenters. The monoisotopic (exact) mass is 396 g/mol. The predicted molar refractivity (Wildman–Crippen MR) is 109 cm³/mol. The molecule has 0 saturated carbocycles. The first-order valence-electron chi connectivity index (χ1n) is 9.31. The number of rotatable bonds is 4. The van der Waals surface area contributed by atoms with Crippen molar-refractivity contribution < 1.29 is 14.1 Å². The number of hydrogen-bond donors (Lipinski definition) is 2. The second-order valence-electron chi connectivity index (χ2n) is 7.77. The molecule has 0 bridgehead atoms. The summed E-state index contributed by atoms with van der Waals surface area (Å²) in [5, 5.41) is 6.37. The van der Waals surface area contributed by atoms with Crippen LogP contribution in [0.4, 0.5) is 10.6 Å².